The van der Waals surface area contributed by atoms with Gasteiger partial charge in [0.2, 0.25) is 0 Å². The van der Waals surface area contributed by atoms with Gasteiger partial charge in [-0.05, 0) is 69.3 Å². The Hall–Kier alpha value is -2.60. The van der Waals surface area contributed by atoms with Gasteiger partial charge >= 0.3 is 0 Å². The predicted octanol–water partition coefficient (Wildman–Crippen LogP) is 4.88. The average molecular weight is 370 g/mol. The zero-order chi connectivity index (χ0) is 18.7. The van der Waals surface area contributed by atoms with Crippen molar-refractivity contribution in [1.82, 2.24) is 9.78 Å². The third kappa shape index (κ3) is 3.80. The number of rotatable bonds is 5. The van der Waals surface area contributed by atoms with Gasteiger partial charge in [0.15, 0.2) is 0 Å². The predicted molar refractivity (Wildman–Crippen MR) is 99.6 cm³/mol. The van der Waals surface area contributed by atoms with Gasteiger partial charge in [-0.25, -0.2) is 4.39 Å². The van der Waals surface area contributed by atoms with E-state index in [0.29, 0.717) is 12.2 Å². The van der Waals surface area contributed by atoms with Gasteiger partial charge in [-0.2, -0.15) is 9.78 Å². The number of benzene rings is 2. The molecule has 4 nitrogen and oxygen atoms in total. The maximum absolute atomic E-state index is 13.1. The highest BCUT2D eigenvalue weighted by atomic mass is 32.2. The van der Waals surface area contributed by atoms with Gasteiger partial charge in [0.05, 0.1) is 22.9 Å². The molecule has 3 aromatic rings. The number of aromatic nitrogens is 2. The lowest BCUT2D eigenvalue weighted by Crippen LogP contribution is -2.15. The summed E-state index contributed by atoms with van der Waals surface area (Å²) in [5.74, 6) is 0.258. The zero-order valence-corrected chi connectivity index (χ0v) is 15.6. The summed E-state index contributed by atoms with van der Waals surface area (Å²) in [5.41, 5.74) is 2.06. The molecule has 0 fully saturated rings. The van der Waals surface area contributed by atoms with E-state index in [0.717, 1.165) is 26.9 Å². The van der Waals surface area contributed by atoms with Crippen LogP contribution in [0.4, 0.5) is 4.39 Å². The van der Waals surface area contributed by atoms with Crippen molar-refractivity contribution >= 4 is 17.7 Å². The summed E-state index contributed by atoms with van der Waals surface area (Å²) in [5, 5.41) is 4.40. The molecular weight excluding hydrogens is 351 g/mol. The number of carbonyl (C=O) groups excluding carboxylic acids is 1. The third-order valence-corrected chi connectivity index (χ3v) is 5.17. The minimum absolute atomic E-state index is 0.195. The van der Waals surface area contributed by atoms with E-state index in [9.17, 15) is 9.18 Å². The first-order valence-corrected chi connectivity index (χ1v) is 9.08. The van der Waals surface area contributed by atoms with Crippen molar-refractivity contribution in [3.8, 4) is 5.75 Å². The van der Waals surface area contributed by atoms with Gasteiger partial charge in [0, 0.05) is 10.5 Å². The molecule has 0 unspecified atom stereocenters. The second kappa shape index (κ2) is 7.74. The number of carbonyl (C=O) groups is 1. The van der Waals surface area contributed by atoms with Crippen LogP contribution in [0.1, 0.15) is 28.7 Å². The molecular formula is C20H19FN2O2S. The van der Waals surface area contributed by atoms with E-state index in [-0.39, 0.29) is 11.7 Å². The van der Waals surface area contributed by atoms with Gasteiger partial charge in [0.1, 0.15) is 11.6 Å². The Morgan fingerprint density at radius 3 is 2.38 bits per heavy atom. The lowest BCUT2D eigenvalue weighted by atomic mass is 10.2. The topological polar surface area (TPSA) is 44.1 Å². The van der Waals surface area contributed by atoms with Crippen LogP contribution in [-0.2, 0) is 0 Å². The molecule has 26 heavy (non-hydrogen) atoms. The smallest absolute Gasteiger partial charge is 0.278 e. The molecule has 1 aromatic heterocycles. The van der Waals surface area contributed by atoms with E-state index >= 15 is 0 Å². The summed E-state index contributed by atoms with van der Waals surface area (Å²) in [6, 6.07) is 13.3. The number of hydrogen-bond acceptors (Lipinski definition) is 4. The largest absolute Gasteiger partial charge is 0.494 e. The van der Waals surface area contributed by atoms with Crippen LogP contribution in [0, 0.1) is 19.7 Å². The molecule has 0 amide bonds. The van der Waals surface area contributed by atoms with E-state index in [1.54, 1.807) is 36.4 Å². The van der Waals surface area contributed by atoms with Crippen LogP contribution in [0.25, 0.3) is 0 Å². The van der Waals surface area contributed by atoms with Gasteiger partial charge in [-0.3, -0.25) is 4.79 Å². The molecule has 1 heterocycles. The monoisotopic (exact) mass is 370 g/mol. The van der Waals surface area contributed by atoms with Crippen LogP contribution in [0.3, 0.4) is 0 Å². The lowest BCUT2D eigenvalue weighted by molar-refractivity contribution is 0.0942. The molecule has 0 saturated carbocycles. The summed E-state index contributed by atoms with van der Waals surface area (Å²) in [6.45, 7) is 6.21. The van der Waals surface area contributed by atoms with Crippen molar-refractivity contribution in [3.05, 3.63) is 71.3 Å². The number of hydrogen-bond donors (Lipinski definition) is 0. The third-order valence-electron chi connectivity index (χ3n) is 3.86. The Morgan fingerprint density at radius 2 is 1.77 bits per heavy atom. The minimum Gasteiger partial charge on any atom is -0.494 e. The first-order valence-electron chi connectivity index (χ1n) is 8.26. The Kier molecular flexibility index (Phi) is 5.42. The zero-order valence-electron chi connectivity index (χ0n) is 14.8. The molecule has 0 atom stereocenters. The van der Waals surface area contributed by atoms with Crippen LogP contribution >= 0.6 is 11.8 Å². The highest BCUT2D eigenvalue weighted by molar-refractivity contribution is 7.99. The maximum Gasteiger partial charge on any atom is 0.278 e. The fourth-order valence-electron chi connectivity index (χ4n) is 2.58. The molecule has 0 saturated heterocycles. The van der Waals surface area contributed by atoms with Crippen LogP contribution in [0.5, 0.6) is 5.75 Å². The summed E-state index contributed by atoms with van der Waals surface area (Å²) in [6.07, 6.45) is 0. The van der Waals surface area contributed by atoms with Crippen molar-refractivity contribution in [2.24, 2.45) is 0 Å². The number of ether oxygens (including phenoxy) is 1. The van der Waals surface area contributed by atoms with Crippen LogP contribution in [0.2, 0.25) is 0 Å². The number of halogens is 1. The summed E-state index contributed by atoms with van der Waals surface area (Å²) < 4.78 is 19.9. The highest BCUT2D eigenvalue weighted by Crippen LogP contribution is 2.33. The summed E-state index contributed by atoms with van der Waals surface area (Å²) in [7, 11) is 0. The molecule has 0 aliphatic rings. The minimum atomic E-state index is -0.274. The van der Waals surface area contributed by atoms with Crippen LogP contribution in [0.15, 0.2) is 58.3 Å². The highest BCUT2D eigenvalue weighted by Gasteiger charge is 2.19. The van der Waals surface area contributed by atoms with E-state index in [2.05, 4.69) is 5.10 Å². The summed E-state index contributed by atoms with van der Waals surface area (Å²) in [4.78, 5) is 14.6. The lowest BCUT2D eigenvalue weighted by Gasteiger charge is -2.06. The maximum atomic E-state index is 13.1. The van der Waals surface area contributed by atoms with Crippen LogP contribution < -0.4 is 4.74 Å². The van der Waals surface area contributed by atoms with E-state index < -0.39 is 0 Å². The van der Waals surface area contributed by atoms with Gasteiger partial charge in [-0.1, -0.05) is 11.8 Å². The van der Waals surface area contributed by atoms with E-state index in [4.69, 9.17) is 4.74 Å². The normalized spacial score (nSPS) is 10.8. The van der Waals surface area contributed by atoms with Crippen molar-refractivity contribution in [2.45, 2.75) is 30.6 Å². The Labute approximate surface area is 156 Å². The fraction of sp³-hybridized carbons (Fsp3) is 0.200. The molecule has 2 aromatic carbocycles. The Morgan fingerprint density at radius 1 is 1.12 bits per heavy atom. The molecule has 0 aliphatic carbocycles. The van der Waals surface area contributed by atoms with Crippen molar-refractivity contribution < 1.29 is 13.9 Å². The molecule has 6 heteroatoms. The molecule has 134 valence electrons. The van der Waals surface area contributed by atoms with Crippen LogP contribution in [-0.4, -0.2) is 22.3 Å². The van der Waals surface area contributed by atoms with Crippen molar-refractivity contribution in [3.63, 3.8) is 0 Å². The van der Waals surface area contributed by atoms with Crippen molar-refractivity contribution in [1.29, 1.82) is 0 Å². The van der Waals surface area contributed by atoms with E-state index in [1.807, 2.05) is 20.8 Å². The fourth-order valence-corrected chi connectivity index (χ4v) is 3.51. The SMILES string of the molecule is CCOc1ccc(C(=O)n2nc(C)c(Sc3ccc(F)cc3)c2C)cc1. The van der Waals surface area contributed by atoms with Gasteiger partial charge < -0.3 is 4.74 Å². The summed E-state index contributed by atoms with van der Waals surface area (Å²) >= 11 is 1.47. The van der Waals surface area contributed by atoms with Gasteiger partial charge in [-0.15, -0.1) is 0 Å². The second-order valence-electron chi connectivity index (χ2n) is 5.73. The molecule has 0 aliphatic heterocycles. The molecule has 0 radical (unpaired) electrons. The Balaban J connectivity index is 1.86. The number of nitrogens with zero attached hydrogens (tertiary/aromatic N) is 2. The second-order valence-corrected chi connectivity index (χ2v) is 6.81. The average Bonchev–Trinajstić information content (AvgIpc) is 2.92. The first kappa shape index (κ1) is 18.2. The quantitative estimate of drug-likeness (QED) is 0.642. The molecule has 0 bridgehead atoms. The molecule has 0 N–H and O–H groups in total. The molecule has 0 spiro atoms. The van der Waals surface area contributed by atoms with Crippen molar-refractivity contribution in [2.75, 3.05) is 6.61 Å². The standard InChI is InChI=1S/C20H19FN2O2S/c1-4-25-17-9-5-15(6-10-17)20(24)23-14(3)19(13(2)22-23)26-18-11-7-16(21)8-12-18/h5-12H,4H2,1-3H3. The molecule has 3 rings (SSSR count). The Bertz CT molecular complexity index is 918. The van der Waals surface area contributed by atoms with Gasteiger partial charge in [0.25, 0.3) is 5.91 Å². The first-order chi connectivity index (χ1) is 12.5. The number of aryl methyl sites for hydroxylation is 1. The van der Waals surface area contributed by atoms with E-state index in [1.165, 1.54) is 28.6 Å².